The van der Waals surface area contributed by atoms with Gasteiger partial charge in [-0.3, -0.25) is 0 Å². The molecule has 0 spiro atoms. The van der Waals surface area contributed by atoms with Crippen molar-refractivity contribution in [1.82, 2.24) is 5.32 Å². The van der Waals surface area contributed by atoms with Gasteiger partial charge in [0.05, 0.1) is 0 Å². The summed E-state index contributed by atoms with van der Waals surface area (Å²) in [6, 6.07) is 7.66. The molecule has 3 heteroatoms. The maximum Gasteiger partial charge on any atom is 0.249 e. The molecule has 2 rings (SSSR count). The Hall–Kier alpha value is -0.960. The lowest BCUT2D eigenvalue weighted by atomic mass is 9.85. The van der Waals surface area contributed by atoms with Gasteiger partial charge in [0.1, 0.15) is 0 Å². The third kappa shape index (κ3) is 3.50. The molecule has 1 heterocycles. The normalized spacial score (nSPS) is 18.3. The van der Waals surface area contributed by atoms with Crippen molar-refractivity contribution in [3.05, 3.63) is 35.4 Å². The van der Waals surface area contributed by atoms with E-state index in [9.17, 15) is 8.78 Å². The highest BCUT2D eigenvalue weighted by Crippen LogP contribution is 2.31. The summed E-state index contributed by atoms with van der Waals surface area (Å²) < 4.78 is 26.3. The fourth-order valence-electron chi connectivity index (χ4n) is 2.56. The highest BCUT2D eigenvalue weighted by molar-refractivity contribution is 5.31. The Bertz CT molecular complexity index is 365. The van der Waals surface area contributed by atoms with Crippen LogP contribution in [0.4, 0.5) is 8.78 Å². The van der Waals surface area contributed by atoms with Crippen LogP contribution in [-0.4, -0.2) is 19.0 Å². The molecule has 0 aliphatic carbocycles. The Morgan fingerprint density at radius 3 is 2.53 bits per heavy atom. The number of piperidine rings is 1. The fraction of sp³-hybridized carbons (Fsp3) is 0.571. The molecule has 0 aromatic heterocycles. The summed E-state index contributed by atoms with van der Waals surface area (Å²) in [5.74, 6) is -2.18. The molecule has 0 saturated carbocycles. The van der Waals surface area contributed by atoms with Crippen LogP contribution in [0.5, 0.6) is 0 Å². The lowest BCUT2D eigenvalue weighted by Gasteiger charge is -2.26. The summed E-state index contributed by atoms with van der Waals surface area (Å²) in [6.45, 7) is 2.97. The minimum Gasteiger partial charge on any atom is -0.317 e. The van der Waals surface area contributed by atoms with Crippen molar-refractivity contribution >= 4 is 0 Å². The lowest BCUT2D eigenvalue weighted by molar-refractivity contribution is 0.0223. The van der Waals surface area contributed by atoms with E-state index in [0.29, 0.717) is 5.92 Å². The number of benzene rings is 1. The number of rotatable bonds is 3. The first kappa shape index (κ1) is 12.5. The van der Waals surface area contributed by atoms with Crippen molar-refractivity contribution in [3.63, 3.8) is 0 Å². The van der Waals surface area contributed by atoms with E-state index in [1.165, 1.54) is 0 Å². The second-order valence-corrected chi connectivity index (χ2v) is 4.97. The minimum absolute atomic E-state index is 0.146. The molecule has 94 valence electrons. The first-order chi connectivity index (χ1) is 8.06. The summed E-state index contributed by atoms with van der Waals surface area (Å²) in [5, 5.41) is 3.30. The molecule has 1 saturated heterocycles. The van der Waals surface area contributed by atoms with E-state index in [1.54, 1.807) is 0 Å². The Morgan fingerprint density at radius 2 is 1.88 bits per heavy atom. The molecule has 1 aromatic carbocycles. The summed E-state index contributed by atoms with van der Waals surface area (Å²) in [6.07, 6.45) is 1.95. The quantitative estimate of drug-likeness (QED) is 0.853. The van der Waals surface area contributed by atoms with Gasteiger partial charge in [-0.25, -0.2) is 8.78 Å². The molecule has 0 unspecified atom stereocenters. The third-order valence-corrected chi connectivity index (χ3v) is 3.33. The topological polar surface area (TPSA) is 12.0 Å². The van der Waals surface area contributed by atoms with Crippen LogP contribution < -0.4 is 5.32 Å². The largest absolute Gasteiger partial charge is 0.317 e. The minimum atomic E-state index is -2.62. The van der Waals surface area contributed by atoms with Crippen LogP contribution in [0.1, 0.15) is 36.8 Å². The van der Waals surface area contributed by atoms with Gasteiger partial charge in [0.15, 0.2) is 0 Å². The zero-order valence-corrected chi connectivity index (χ0v) is 10.2. The molecule has 17 heavy (non-hydrogen) atoms. The molecular formula is C14H19F2N. The van der Waals surface area contributed by atoms with Crippen LogP contribution in [0.25, 0.3) is 0 Å². The van der Waals surface area contributed by atoms with Gasteiger partial charge in [0.25, 0.3) is 0 Å². The van der Waals surface area contributed by atoms with E-state index in [1.807, 2.05) is 24.3 Å². The van der Waals surface area contributed by atoms with Gasteiger partial charge in [0, 0.05) is 6.42 Å². The second kappa shape index (κ2) is 5.13. The Kier molecular flexibility index (Phi) is 3.77. The smallest absolute Gasteiger partial charge is 0.249 e. The van der Waals surface area contributed by atoms with Gasteiger partial charge in [0.2, 0.25) is 5.92 Å². The lowest BCUT2D eigenvalue weighted by Crippen LogP contribution is -2.27. The Morgan fingerprint density at radius 1 is 1.24 bits per heavy atom. The zero-order chi connectivity index (χ0) is 12.3. The van der Waals surface area contributed by atoms with E-state index < -0.39 is 5.92 Å². The molecule has 1 aliphatic rings. The predicted octanol–water partition coefficient (Wildman–Crippen LogP) is 3.35. The van der Waals surface area contributed by atoms with E-state index in [4.69, 9.17) is 0 Å². The number of hydrogen-bond acceptors (Lipinski definition) is 1. The van der Waals surface area contributed by atoms with Gasteiger partial charge < -0.3 is 5.32 Å². The number of alkyl halides is 2. The van der Waals surface area contributed by atoms with Crippen molar-refractivity contribution in [1.29, 1.82) is 0 Å². The van der Waals surface area contributed by atoms with Gasteiger partial charge in [-0.05, 0) is 49.9 Å². The summed E-state index contributed by atoms with van der Waals surface area (Å²) >= 11 is 0. The molecule has 0 bridgehead atoms. The third-order valence-electron chi connectivity index (χ3n) is 3.33. The molecule has 0 radical (unpaired) electrons. The Labute approximate surface area is 101 Å². The maximum absolute atomic E-state index is 13.1. The summed E-state index contributed by atoms with van der Waals surface area (Å²) in [4.78, 5) is 0. The molecule has 1 fully saturated rings. The molecule has 1 N–H and O–H groups in total. The first-order valence-corrected chi connectivity index (χ1v) is 6.22. The number of halogens is 2. The van der Waals surface area contributed by atoms with Gasteiger partial charge in [-0.1, -0.05) is 24.3 Å². The predicted molar refractivity (Wildman–Crippen MR) is 65.6 cm³/mol. The summed E-state index contributed by atoms with van der Waals surface area (Å²) in [5.41, 5.74) is 1.93. The van der Waals surface area contributed by atoms with Crippen LogP contribution in [0, 0.1) is 0 Å². The van der Waals surface area contributed by atoms with Crippen LogP contribution >= 0.6 is 0 Å². The van der Waals surface area contributed by atoms with Gasteiger partial charge >= 0.3 is 0 Å². The SMILES string of the molecule is CC(F)(F)Cc1ccccc1C1CCNCC1. The highest BCUT2D eigenvalue weighted by atomic mass is 19.3. The molecule has 0 amide bonds. The molecule has 1 aromatic rings. The summed E-state index contributed by atoms with van der Waals surface area (Å²) in [7, 11) is 0. The van der Waals surface area contributed by atoms with Crippen molar-refractivity contribution < 1.29 is 8.78 Å². The average molecular weight is 239 g/mol. The van der Waals surface area contributed by atoms with Crippen LogP contribution in [0.3, 0.4) is 0 Å². The van der Waals surface area contributed by atoms with E-state index in [0.717, 1.165) is 44.0 Å². The van der Waals surface area contributed by atoms with Gasteiger partial charge in [-0.2, -0.15) is 0 Å². The van der Waals surface area contributed by atoms with E-state index >= 15 is 0 Å². The molecule has 1 aliphatic heterocycles. The van der Waals surface area contributed by atoms with Crippen LogP contribution in [-0.2, 0) is 6.42 Å². The monoisotopic (exact) mass is 239 g/mol. The first-order valence-electron chi connectivity index (χ1n) is 6.22. The van der Waals surface area contributed by atoms with Crippen molar-refractivity contribution in [2.75, 3.05) is 13.1 Å². The highest BCUT2D eigenvalue weighted by Gasteiger charge is 2.25. The molecule has 1 nitrogen and oxygen atoms in total. The van der Waals surface area contributed by atoms with E-state index in [2.05, 4.69) is 5.32 Å². The molecular weight excluding hydrogens is 220 g/mol. The van der Waals surface area contributed by atoms with Gasteiger partial charge in [-0.15, -0.1) is 0 Å². The van der Waals surface area contributed by atoms with Crippen LogP contribution in [0.15, 0.2) is 24.3 Å². The van der Waals surface area contributed by atoms with Crippen molar-refractivity contribution in [3.8, 4) is 0 Å². The fourth-order valence-corrected chi connectivity index (χ4v) is 2.56. The molecule has 0 atom stereocenters. The average Bonchev–Trinajstić information content (AvgIpc) is 2.29. The van der Waals surface area contributed by atoms with Crippen molar-refractivity contribution in [2.45, 2.75) is 38.0 Å². The zero-order valence-electron chi connectivity index (χ0n) is 10.2. The second-order valence-electron chi connectivity index (χ2n) is 4.97. The number of hydrogen-bond donors (Lipinski definition) is 1. The maximum atomic E-state index is 13.1. The standard InChI is InChI=1S/C14H19F2N/c1-14(15,16)10-12-4-2-3-5-13(12)11-6-8-17-9-7-11/h2-5,11,17H,6-10H2,1H3. The van der Waals surface area contributed by atoms with E-state index in [-0.39, 0.29) is 6.42 Å². The van der Waals surface area contributed by atoms with Crippen LogP contribution in [0.2, 0.25) is 0 Å². The van der Waals surface area contributed by atoms with Crippen molar-refractivity contribution in [2.24, 2.45) is 0 Å². The Balaban J connectivity index is 2.20. The number of nitrogens with one attached hydrogen (secondary N) is 1.